The number of aromatic nitrogens is 2. The molecular weight excluding hydrogens is 278 g/mol. The summed E-state index contributed by atoms with van der Waals surface area (Å²) >= 11 is 0. The second kappa shape index (κ2) is 7.22. The van der Waals surface area contributed by atoms with Gasteiger partial charge >= 0.3 is 0 Å². The maximum Gasteiger partial charge on any atom is 0.129 e. The molecule has 22 heavy (non-hydrogen) atoms. The van der Waals surface area contributed by atoms with Crippen molar-refractivity contribution in [1.82, 2.24) is 9.97 Å². The van der Waals surface area contributed by atoms with Crippen LogP contribution in [0.25, 0.3) is 0 Å². The second-order valence-corrected chi connectivity index (χ2v) is 5.38. The lowest BCUT2D eigenvalue weighted by molar-refractivity contribution is 0.193. The van der Waals surface area contributed by atoms with Crippen molar-refractivity contribution in [2.24, 2.45) is 0 Å². The first kappa shape index (κ1) is 14.8. The number of anilines is 1. The molecule has 1 aromatic carbocycles. The average molecular weight is 299 g/mol. The van der Waals surface area contributed by atoms with Crippen molar-refractivity contribution in [3.05, 3.63) is 47.9 Å². The lowest BCUT2D eigenvalue weighted by atomic mass is 10.1. The Morgan fingerprint density at radius 1 is 1.32 bits per heavy atom. The van der Waals surface area contributed by atoms with Crippen LogP contribution in [0.15, 0.2) is 36.7 Å². The molecule has 1 saturated heterocycles. The average Bonchev–Trinajstić information content (AvgIpc) is 3.10. The molecule has 0 bridgehead atoms. The van der Waals surface area contributed by atoms with Gasteiger partial charge in [0.2, 0.25) is 0 Å². The van der Waals surface area contributed by atoms with E-state index in [9.17, 15) is 0 Å². The summed E-state index contributed by atoms with van der Waals surface area (Å²) in [5.74, 6) is 2.19. The normalized spacial score (nSPS) is 17.4. The van der Waals surface area contributed by atoms with Crippen molar-refractivity contribution in [2.45, 2.75) is 18.8 Å². The lowest BCUT2D eigenvalue weighted by Gasteiger charge is -2.11. The summed E-state index contributed by atoms with van der Waals surface area (Å²) in [5.41, 5.74) is 2.25. The second-order valence-electron chi connectivity index (χ2n) is 5.38. The molecule has 5 heteroatoms. The van der Waals surface area contributed by atoms with Crippen LogP contribution in [0.5, 0.6) is 5.75 Å². The Labute approximate surface area is 130 Å². The predicted molar refractivity (Wildman–Crippen MR) is 85.4 cm³/mol. The number of nitrogens with one attached hydrogen (secondary N) is 1. The topological polar surface area (TPSA) is 56.3 Å². The van der Waals surface area contributed by atoms with E-state index < -0.39 is 0 Å². The van der Waals surface area contributed by atoms with Gasteiger partial charge in [0.15, 0.2) is 0 Å². The van der Waals surface area contributed by atoms with Gasteiger partial charge in [-0.1, -0.05) is 18.2 Å². The molecule has 5 nitrogen and oxygen atoms in total. The first-order valence-electron chi connectivity index (χ1n) is 7.62. The highest BCUT2D eigenvalue weighted by atomic mass is 16.5. The molecule has 3 rings (SSSR count). The molecule has 0 spiro atoms. The highest BCUT2D eigenvalue weighted by Gasteiger charge is 2.19. The first-order valence-corrected chi connectivity index (χ1v) is 7.62. The van der Waals surface area contributed by atoms with Gasteiger partial charge in [-0.15, -0.1) is 0 Å². The standard InChI is InChI=1S/C17H21N3O2/c1-21-16-5-3-2-4-13(16)6-8-18-17-10-15(19-12-20-17)14-7-9-22-11-14/h2-5,10,12,14H,6-9,11H2,1H3,(H,18,19,20). The third kappa shape index (κ3) is 3.54. The van der Waals surface area contributed by atoms with Gasteiger partial charge in [-0.2, -0.15) is 0 Å². The van der Waals surface area contributed by atoms with Gasteiger partial charge in [-0.3, -0.25) is 0 Å². The van der Waals surface area contributed by atoms with Gasteiger partial charge in [-0.25, -0.2) is 9.97 Å². The van der Waals surface area contributed by atoms with E-state index in [2.05, 4.69) is 21.4 Å². The van der Waals surface area contributed by atoms with Crippen LogP contribution >= 0.6 is 0 Å². The van der Waals surface area contributed by atoms with E-state index in [0.29, 0.717) is 5.92 Å². The Balaban J connectivity index is 1.58. The molecule has 1 aromatic heterocycles. The minimum Gasteiger partial charge on any atom is -0.496 e. The number of rotatable bonds is 6. The van der Waals surface area contributed by atoms with E-state index in [1.807, 2.05) is 24.3 Å². The van der Waals surface area contributed by atoms with Crippen LogP contribution < -0.4 is 10.1 Å². The Morgan fingerprint density at radius 2 is 2.23 bits per heavy atom. The molecule has 1 atom stereocenters. The Kier molecular flexibility index (Phi) is 4.85. The summed E-state index contributed by atoms with van der Waals surface area (Å²) in [4.78, 5) is 8.65. The molecule has 0 amide bonds. The quantitative estimate of drug-likeness (QED) is 0.888. The van der Waals surface area contributed by atoms with Crippen molar-refractivity contribution in [3.63, 3.8) is 0 Å². The lowest BCUT2D eigenvalue weighted by Crippen LogP contribution is -2.09. The minimum atomic E-state index is 0.401. The molecule has 1 aliphatic rings. The van der Waals surface area contributed by atoms with Gasteiger partial charge in [0.1, 0.15) is 17.9 Å². The largest absolute Gasteiger partial charge is 0.496 e. The van der Waals surface area contributed by atoms with Crippen LogP contribution in [-0.2, 0) is 11.2 Å². The van der Waals surface area contributed by atoms with Crippen molar-refractivity contribution < 1.29 is 9.47 Å². The summed E-state index contributed by atoms with van der Waals surface area (Å²) in [6.45, 7) is 2.39. The fourth-order valence-corrected chi connectivity index (χ4v) is 2.69. The molecule has 1 N–H and O–H groups in total. The minimum absolute atomic E-state index is 0.401. The Hall–Kier alpha value is -2.14. The number of hydrogen-bond donors (Lipinski definition) is 1. The van der Waals surface area contributed by atoms with Crippen LogP contribution in [-0.4, -0.2) is 36.8 Å². The Bertz CT molecular complexity index is 612. The van der Waals surface area contributed by atoms with Crippen molar-refractivity contribution in [1.29, 1.82) is 0 Å². The van der Waals surface area contributed by atoms with Crippen LogP contribution in [0.1, 0.15) is 23.6 Å². The SMILES string of the molecule is COc1ccccc1CCNc1cc(C2CCOC2)ncn1. The zero-order valence-corrected chi connectivity index (χ0v) is 12.8. The maximum atomic E-state index is 5.42. The molecule has 0 aliphatic carbocycles. The molecule has 0 saturated carbocycles. The smallest absolute Gasteiger partial charge is 0.129 e. The number of hydrogen-bond acceptors (Lipinski definition) is 5. The highest BCUT2D eigenvalue weighted by molar-refractivity contribution is 5.38. The number of benzene rings is 1. The highest BCUT2D eigenvalue weighted by Crippen LogP contribution is 2.24. The molecular formula is C17H21N3O2. The van der Waals surface area contributed by atoms with Crippen molar-refractivity contribution >= 4 is 5.82 Å². The van der Waals surface area contributed by atoms with Crippen molar-refractivity contribution in [3.8, 4) is 5.75 Å². The third-order valence-electron chi connectivity index (χ3n) is 3.93. The van der Waals surface area contributed by atoms with Crippen molar-refractivity contribution in [2.75, 3.05) is 32.2 Å². The van der Waals surface area contributed by atoms with E-state index in [0.717, 1.165) is 49.9 Å². The van der Waals surface area contributed by atoms with E-state index in [1.165, 1.54) is 5.56 Å². The molecule has 2 heterocycles. The third-order valence-corrected chi connectivity index (χ3v) is 3.93. The zero-order chi connectivity index (χ0) is 15.2. The summed E-state index contributed by atoms with van der Waals surface area (Å²) in [7, 11) is 1.70. The fourth-order valence-electron chi connectivity index (χ4n) is 2.69. The zero-order valence-electron chi connectivity index (χ0n) is 12.8. The summed E-state index contributed by atoms with van der Waals surface area (Å²) in [6.07, 6.45) is 3.55. The van der Waals surface area contributed by atoms with Crippen LogP contribution in [0, 0.1) is 0 Å². The fraction of sp³-hybridized carbons (Fsp3) is 0.412. The summed E-state index contributed by atoms with van der Waals surface area (Å²) in [5, 5.41) is 3.36. The van der Waals surface area contributed by atoms with Gasteiger partial charge < -0.3 is 14.8 Å². The summed E-state index contributed by atoms with van der Waals surface area (Å²) < 4.78 is 10.8. The van der Waals surface area contributed by atoms with Gasteiger partial charge in [-0.05, 0) is 24.5 Å². The molecule has 1 fully saturated rings. The molecule has 1 unspecified atom stereocenters. The van der Waals surface area contributed by atoms with Crippen LogP contribution in [0.3, 0.4) is 0 Å². The van der Waals surface area contributed by atoms with E-state index in [1.54, 1.807) is 13.4 Å². The summed E-state index contributed by atoms with van der Waals surface area (Å²) in [6, 6.07) is 10.1. The maximum absolute atomic E-state index is 5.42. The first-order chi connectivity index (χ1) is 10.9. The molecule has 0 radical (unpaired) electrons. The molecule has 116 valence electrons. The van der Waals surface area contributed by atoms with E-state index in [4.69, 9.17) is 9.47 Å². The number of methoxy groups -OCH3 is 1. The van der Waals surface area contributed by atoms with E-state index >= 15 is 0 Å². The number of para-hydroxylation sites is 1. The van der Waals surface area contributed by atoms with E-state index in [-0.39, 0.29) is 0 Å². The van der Waals surface area contributed by atoms with Gasteiger partial charge in [0.05, 0.1) is 19.4 Å². The van der Waals surface area contributed by atoms with Crippen LogP contribution in [0.4, 0.5) is 5.82 Å². The van der Waals surface area contributed by atoms with Gasteiger partial charge in [0.25, 0.3) is 0 Å². The predicted octanol–water partition coefficient (Wildman–Crippen LogP) is 2.64. The Morgan fingerprint density at radius 3 is 3.05 bits per heavy atom. The monoisotopic (exact) mass is 299 g/mol. The number of ether oxygens (including phenoxy) is 2. The molecule has 1 aliphatic heterocycles. The molecule has 2 aromatic rings. The number of nitrogens with zero attached hydrogens (tertiary/aromatic N) is 2. The van der Waals surface area contributed by atoms with Crippen LogP contribution in [0.2, 0.25) is 0 Å². The van der Waals surface area contributed by atoms with Gasteiger partial charge in [0, 0.05) is 25.1 Å².